The number of aromatic nitrogens is 1. The van der Waals surface area contributed by atoms with Crippen LogP contribution in [0.1, 0.15) is 35.8 Å². The predicted octanol–water partition coefficient (Wildman–Crippen LogP) is 0.996. The summed E-state index contributed by atoms with van der Waals surface area (Å²) in [5.74, 6) is 0.146. The molecule has 1 aromatic rings. The quantitative estimate of drug-likeness (QED) is 0.850. The van der Waals surface area contributed by atoms with E-state index in [1.165, 1.54) is 6.07 Å². The van der Waals surface area contributed by atoms with Gasteiger partial charge in [0.25, 0.3) is 5.56 Å². The molecule has 0 amide bonds. The van der Waals surface area contributed by atoms with Gasteiger partial charge in [0.05, 0.1) is 0 Å². The molecule has 1 atom stereocenters. The summed E-state index contributed by atoms with van der Waals surface area (Å²) in [4.78, 5) is 23.6. The lowest BCUT2D eigenvalue weighted by molar-refractivity contribution is 0.0970. The molecule has 17 heavy (non-hydrogen) atoms. The molecule has 1 aliphatic rings. The summed E-state index contributed by atoms with van der Waals surface area (Å²) in [5.41, 5.74) is 1.44. The van der Waals surface area contributed by atoms with Crippen LogP contribution in [0.3, 0.4) is 0 Å². The van der Waals surface area contributed by atoms with Gasteiger partial charge in [-0.05, 0) is 24.8 Å². The van der Waals surface area contributed by atoms with E-state index in [9.17, 15) is 9.59 Å². The molecule has 0 saturated carbocycles. The van der Waals surface area contributed by atoms with E-state index in [-0.39, 0.29) is 23.9 Å². The number of nitrogens with zero attached hydrogens (tertiary/aromatic N) is 1. The van der Waals surface area contributed by atoms with Crippen LogP contribution in [0.2, 0.25) is 0 Å². The lowest BCUT2D eigenvalue weighted by Gasteiger charge is -2.21. The molecular weight excluding hydrogens is 218 g/mol. The summed E-state index contributed by atoms with van der Waals surface area (Å²) in [7, 11) is 0. The minimum Gasteiger partial charge on any atom is -0.396 e. The second kappa shape index (κ2) is 4.84. The number of aliphatic hydroxyl groups excluding tert-OH is 1. The molecule has 0 spiro atoms. The SMILES string of the molecule is CC(CO)Cn1c2c(ccc1=O)C(=O)CCC2. The molecular formula is C13H17NO3. The normalized spacial score (nSPS) is 16.7. The van der Waals surface area contributed by atoms with Crippen molar-refractivity contribution in [3.63, 3.8) is 0 Å². The van der Waals surface area contributed by atoms with Crippen LogP contribution in [0.5, 0.6) is 0 Å². The van der Waals surface area contributed by atoms with Crippen molar-refractivity contribution in [3.8, 4) is 0 Å². The largest absolute Gasteiger partial charge is 0.396 e. The van der Waals surface area contributed by atoms with Gasteiger partial charge in [0.1, 0.15) is 0 Å². The van der Waals surface area contributed by atoms with E-state index in [4.69, 9.17) is 5.11 Å². The zero-order valence-corrected chi connectivity index (χ0v) is 9.98. The first-order valence-corrected chi connectivity index (χ1v) is 6.00. The van der Waals surface area contributed by atoms with E-state index < -0.39 is 0 Å². The van der Waals surface area contributed by atoms with Crippen molar-refractivity contribution in [2.45, 2.75) is 32.7 Å². The number of hydrogen-bond donors (Lipinski definition) is 1. The smallest absolute Gasteiger partial charge is 0.250 e. The fraction of sp³-hybridized carbons (Fsp3) is 0.538. The van der Waals surface area contributed by atoms with Crippen molar-refractivity contribution in [1.29, 1.82) is 0 Å². The van der Waals surface area contributed by atoms with E-state index >= 15 is 0 Å². The lowest BCUT2D eigenvalue weighted by atomic mass is 9.94. The third-order valence-electron chi connectivity index (χ3n) is 3.22. The van der Waals surface area contributed by atoms with Gasteiger partial charge in [0, 0.05) is 36.9 Å². The number of ketones is 1. The Bertz CT molecular complexity index is 490. The first-order valence-electron chi connectivity index (χ1n) is 6.00. The van der Waals surface area contributed by atoms with Gasteiger partial charge in [-0.1, -0.05) is 6.92 Å². The lowest BCUT2D eigenvalue weighted by Crippen LogP contribution is -2.30. The molecule has 4 nitrogen and oxygen atoms in total. The average Bonchev–Trinajstić information content (AvgIpc) is 2.33. The Balaban J connectivity index is 2.46. The third-order valence-corrected chi connectivity index (χ3v) is 3.22. The van der Waals surface area contributed by atoms with E-state index in [1.807, 2.05) is 6.92 Å². The van der Waals surface area contributed by atoms with Crippen LogP contribution < -0.4 is 5.56 Å². The second-order valence-corrected chi connectivity index (χ2v) is 4.71. The van der Waals surface area contributed by atoms with Gasteiger partial charge < -0.3 is 9.67 Å². The Hall–Kier alpha value is -1.42. The second-order valence-electron chi connectivity index (χ2n) is 4.71. The number of aliphatic hydroxyl groups is 1. The molecule has 1 aliphatic carbocycles. The molecule has 0 saturated heterocycles. The Morgan fingerprint density at radius 1 is 1.35 bits per heavy atom. The maximum Gasteiger partial charge on any atom is 0.250 e. The summed E-state index contributed by atoms with van der Waals surface area (Å²) < 4.78 is 1.65. The number of carbonyl (C=O) groups is 1. The van der Waals surface area contributed by atoms with Gasteiger partial charge in [-0.15, -0.1) is 0 Å². The average molecular weight is 235 g/mol. The van der Waals surface area contributed by atoms with Crippen LogP contribution in [0.15, 0.2) is 16.9 Å². The van der Waals surface area contributed by atoms with Crippen LogP contribution >= 0.6 is 0 Å². The van der Waals surface area contributed by atoms with Crippen molar-refractivity contribution in [1.82, 2.24) is 4.57 Å². The van der Waals surface area contributed by atoms with Crippen molar-refractivity contribution < 1.29 is 9.90 Å². The molecule has 1 heterocycles. The van der Waals surface area contributed by atoms with Gasteiger partial charge in [0.15, 0.2) is 5.78 Å². The van der Waals surface area contributed by atoms with Crippen molar-refractivity contribution in [3.05, 3.63) is 33.7 Å². The number of Topliss-reactive ketones (excluding diaryl/α,β-unsaturated/α-hetero) is 1. The van der Waals surface area contributed by atoms with Crippen molar-refractivity contribution in [2.24, 2.45) is 5.92 Å². The first kappa shape index (κ1) is 12.0. The number of carbonyl (C=O) groups excluding carboxylic acids is 1. The highest BCUT2D eigenvalue weighted by Crippen LogP contribution is 2.20. The maximum atomic E-state index is 11.8. The van der Waals surface area contributed by atoms with Crippen LogP contribution in [-0.2, 0) is 13.0 Å². The van der Waals surface area contributed by atoms with E-state index in [0.29, 0.717) is 18.5 Å². The molecule has 1 N–H and O–H groups in total. The number of rotatable bonds is 3. The molecule has 2 rings (SSSR count). The van der Waals surface area contributed by atoms with Crippen molar-refractivity contribution in [2.75, 3.05) is 6.61 Å². The highest BCUT2D eigenvalue weighted by Gasteiger charge is 2.21. The van der Waals surface area contributed by atoms with E-state index in [0.717, 1.165) is 18.5 Å². The standard InChI is InChI=1S/C13H17NO3/c1-9(8-15)7-14-11-3-2-4-12(16)10(11)5-6-13(14)17/h5-6,9,15H,2-4,7-8H2,1H3. The molecule has 0 aliphatic heterocycles. The fourth-order valence-corrected chi connectivity index (χ4v) is 2.26. The maximum absolute atomic E-state index is 11.8. The Labute approximate surface area is 99.9 Å². The molecule has 92 valence electrons. The fourth-order valence-electron chi connectivity index (χ4n) is 2.26. The Morgan fingerprint density at radius 3 is 2.82 bits per heavy atom. The van der Waals surface area contributed by atoms with E-state index in [2.05, 4.69) is 0 Å². The molecule has 1 aromatic heterocycles. The highest BCUT2D eigenvalue weighted by molar-refractivity contribution is 5.97. The van der Waals surface area contributed by atoms with Gasteiger partial charge in [-0.2, -0.15) is 0 Å². The van der Waals surface area contributed by atoms with Gasteiger partial charge >= 0.3 is 0 Å². The molecule has 0 aromatic carbocycles. The molecule has 1 unspecified atom stereocenters. The third kappa shape index (κ3) is 2.31. The number of hydrogen-bond acceptors (Lipinski definition) is 3. The summed E-state index contributed by atoms with van der Waals surface area (Å²) >= 11 is 0. The summed E-state index contributed by atoms with van der Waals surface area (Å²) in [5, 5.41) is 9.06. The first-order chi connectivity index (χ1) is 8.13. The van der Waals surface area contributed by atoms with Crippen LogP contribution in [0.25, 0.3) is 0 Å². The zero-order valence-electron chi connectivity index (χ0n) is 9.98. The highest BCUT2D eigenvalue weighted by atomic mass is 16.3. The minimum absolute atomic E-state index is 0.0243. The molecule has 4 heteroatoms. The topological polar surface area (TPSA) is 59.3 Å². The van der Waals surface area contributed by atoms with E-state index in [1.54, 1.807) is 10.6 Å². The van der Waals surface area contributed by atoms with Crippen molar-refractivity contribution >= 4 is 5.78 Å². The number of pyridine rings is 1. The van der Waals surface area contributed by atoms with Gasteiger partial charge in [-0.25, -0.2) is 0 Å². The zero-order chi connectivity index (χ0) is 12.4. The van der Waals surface area contributed by atoms with Crippen LogP contribution in [0, 0.1) is 5.92 Å². The monoisotopic (exact) mass is 235 g/mol. The van der Waals surface area contributed by atoms with Gasteiger partial charge in [0.2, 0.25) is 0 Å². The Kier molecular flexibility index (Phi) is 3.43. The van der Waals surface area contributed by atoms with Gasteiger partial charge in [-0.3, -0.25) is 9.59 Å². The molecule has 0 fully saturated rings. The summed E-state index contributed by atoms with van der Waals surface area (Å²) in [6, 6.07) is 3.09. The number of fused-ring (bicyclic) bond motifs is 1. The Morgan fingerprint density at radius 2 is 2.12 bits per heavy atom. The van der Waals surface area contributed by atoms with Crippen LogP contribution in [0.4, 0.5) is 0 Å². The predicted molar refractivity (Wildman–Crippen MR) is 64.2 cm³/mol. The summed E-state index contributed by atoms with van der Waals surface area (Å²) in [6.07, 6.45) is 2.15. The summed E-state index contributed by atoms with van der Waals surface area (Å²) in [6.45, 7) is 2.41. The molecule has 0 bridgehead atoms. The minimum atomic E-state index is -0.0845. The van der Waals surface area contributed by atoms with Crippen LogP contribution in [-0.4, -0.2) is 22.1 Å². The molecule has 0 radical (unpaired) electrons.